The van der Waals surface area contributed by atoms with E-state index in [1.165, 1.54) is 0 Å². The number of nitriles is 1. The van der Waals surface area contributed by atoms with E-state index in [9.17, 15) is 4.79 Å². The summed E-state index contributed by atoms with van der Waals surface area (Å²) in [6.45, 7) is 2.65. The van der Waals surface area contributed by atoms with Crippen LogP contribution in [0.15, 0.2) is 36.4 Å². The summed E-state index contributed by atoms with van der Waals surface area (Å²) in [4.78, 5) is 14.2. The van der Waals surface area contributed by atoms with E-state index in [0.717, 1.165) is 37.2 Å². The molecule has 1 N–H and O–H groups in total. The molecule has 0 unspecified atom stereocenters. The van der Waals surface area contributed by atoms with Crippen molar-refractivity contribution in [2.75, 3.05) is 26.2 Å². The first-order chi connectivity index (χ1) is 11.8. The maximum atomic E-state index is 12.2. The minimum atomic E-state index is 0.0115. The molecule has 0 aromatic heterocycles. The van der Waals surface area contributed by atoms with Crippen molar-refractivity contribution in [1.29, 1.82) is 5.26 Å². The van der Waals surface area contributed by atoms with Gasteiger partial charge in [-0.15, -0.1) is 0 Å². The predicted molar refractivity (Wildman–Crippen MR) is 91.6 cm³/mol. The number of nitrogens with zero attached hydrogens (tertiary/aromatic N) is 2. The van der Waals surface area contributed by atoms with Crippen molar-refractivity contribution >= 4 is 6.03 Å². The van der Waals surface area contributed by atoms with Gasteiger partial charge < -0.3 is 15.0 Å². The second-order valence-corrected chi connectivity index (χ2v) is 6.43. The lowest BCUT2D eigenvalue weighted by atomic mass is 9.86. The van der Waals surface area contributed by atoms with Crippen molar-refractivity contribution in [2.24, 2.45) is 11.8 Å². The van der Waals surface area contributed by atoms with Crippen molar-refractivity contribution < 1.29 is 9.53 Å². The van der Waals surface area contributed by atoms with Crippen LogP contribution in [-0.2, 0) is 6.42 Å². The molecule has 2 amide bonds. The molecule has 1 heterocycles. The Morgan fingerprint density at radius 2 is 1.88 bits per heavy atom. The second kappa shape index (κ2) is 7.87. The monoisotopic (exact) mass is 325 g/mol. The highest BCUT2D eigenvalue weighted by Gasteiger charge is 2.34. The minimum absolute atomic E-state index is 0.0115. The molecule has 1 saturated heterocycles. The van der Waals surface area contributed by atoms with Gasteiger partial charge >= 0.3 is 6.03 Å². The van der Waals surface area contributed by atoms with Gasteiger partial charge in [0.2, 0.25) is 0 Å². The van der Waals surface area contributed by atoms with Crippen molar-refractivity contribution in [3.63, 3.8) is 0 Å². The lowest BCUT2D eigenvalue weighted by Gasteiger charge is -2.17. The molecule has 2 atom stereocenters. The number of rotatable bonds is 5. The van der Waals surface area contributed by atoms with Crippen molar-refractivity contribution in [3.05, 3.63) is 42.0 Å². The molecule has 1 aromatic rings. The number of amides is 2. The number of benzene rings is 1. The standard InChI is InChI=1S/C19H23N3O2/c20-10-9-15-5-7-18(8-6-15)24-12-11-21-19(23)22-13-16-3-1-2-4-17(16)14-22/h1-2,5-8,16-17H,3-4,9,11-14H2,(H,21,23)/t16-,17-/m0/s1. The number of fused-ring (bicyclic) bond motifs is 1. The van der Waals surface area contributed by atoms with E-state index in [0.29, 0.717) is 31.4 Å². The van der Waals surface area contributed by atoms with E-state index >= 15 is 0 Å². The molecule has 126 valence electrons. The third kappa shape index (κ3) is 4.08. The Bertz CT molecular complexity index is 617. The summed E-state index contributed by atoms with van der Waals surface area (Å²) in [5.74, 6) is 2.01. The van der Waals surface area contributed by atoms with Gasteiger partial charge in [-0.1, -0.05) is 24.3 Å². The fraction of sp³-hybridized carbons (Fsp3) is 0.474. The van der Waals surface area contributed by atoms with E-state index in [1.54, 1.807) is 0 Å². The lowest BCUT2D eigenvalue weighted by Crippen LogP contribution is -2.40. The van der Waals surface area contributed by atoms with Crippen molar-refractivity contribution in [2.45, 2.75) is 19.3 Å². The second-order valence-electron chi connectivity index (χ2n) is 6.43. The molecule has 3 rings (SSSR count). The Balaban J connectivity index is 1.36. The zero-order valence-corrected chi connectivity index (χ0v) is 13.8. The van der Waals surface area contributed by atoms with E-state index in [1.807, 2.05) is 29.2 Å². The van der Waals surface area contributed by atoms with Gasteiger partial charge in [0.25, 0.3) is 0 Å². The summed E-state index contributed by atoms with van der Waals surface area (Å²) >= 11 is 0. The van der Waals surface area contributed by atoms with Gasteiger partial charge in [0.05, 0.1) is 19.0 Å². The molecule has 1 fully saturated rings. The van der Waals surface area contributed by atoms with Gasteiger partial charge in [0.15, 0.2) is 0 Å². The normalized spacial score (nSPS) is 21.9. The van der Waals surface area contributed by atoms with Crippen LogP contribution in [-0.4, -0.2) is 37.2 Å². The summed E-state index contributed by atoms with van der Waals surface area (Å²) in [7, 11) is 0. The van der Waals surface area contributed by atoms with Gasteiger partial charge in [0.1, 0.15) is 12.4 Å². The Hall–Kier alpha value is -2.48. The number of carbonyl (C=O) groups excluding carboxylic acids is 1. The largest absolute Gasteiger partial charge is 0.492 e. The number of carbonyl (C=O) groups is 1. The first-order valence-corrected chi connectivity index (χ1v) is 8.52. The van der Waals surface area contributed by atoms with Gasteiger partial charge in [-0.05, 0) is 42.4 Å². The van der Waals surface area contributed by atoms with Crippen molar-refractivity contribution in [3.8, 4) is 11.8 Å². The van der Waals surface area contributed by atoms with Gasteiger partial charge in [-0.2, -0.15) is 5.26 Å². The Morgan fingerprint density at radius 3 is 2.50 bits per heavy atom. The molecule has 1 aromatic carbocycles. The molecule has 0 radical (unpaired) electrons. The molecule has 0 spiro atoms. The van der Waals surface area contributed by atoms with Crippen LogP contribution in [0.25, 0.3) is 0 Å². The van der Waals surface area contributed by atoms with Crippen LogP contribution in [0.2, 0.25) is 0 Å². The highest BCUT2D eigenvalue weighted by molar-refractivity contribution is 5.74. The molecular formula is C19H23N3O2. The Labute approximate surface area is 142 Å². The van der Waals surface area contributed by atoms with E-state index < -0.39 is 0 Å². The summed E-state index contributed by atoms with van der Waals surface area (Å²) in [5.41, 5.74) is 0.975. The number of ether oxygens (including phenoxy) is 1. The van der Waals surface area contributed by atoms with Gasteiger partial charge in [-0.3, -0.25) is 0 Å². The number of likely N-dealkylation sites (tertiary alicyclic amines) is 1. The third-order valence-electron chi connectivity index (χ3n) is 4.76. The number of hydrogen-bond donors (Lipinski definition) is 1. The van der Waals surface area contributed by atoms with Gasteiger partial charge in [-0.25, -0.2) is 4.79 Å². The Morgan fingerprint density at radius 1 is 1.21 bits per heavy atom. The smallest absolute Gasteiger partial charge is 0.317 e. The van der Waals surface area contributed by atoms with E-state index in [2.05, 4.69) is 23.5 Å². The van der Waals surface area contributed by atoms with Crippen LogP contribution in [0.5, 0.6) is 5.75 Å². The molecule has 0 saturated carbocycles. The van der Waals surface area contributed by atoms with Crippen LogP contribution in [0.1, 0.15) is 18.4 Å². The topological polar surface area (TPSA) is 65.4 Å². The molecule has 2 aliphatic rings. The van der Waals surface area contributed by atoms with Crippen molar-refractivity contribution in [1.82, 2.24) is 10.2 Å². The maximum Gasteiger partial charge on any atom is 0.317 e. The zero-order valence-electron chi connectivity index (χ0n) is 13.8. The minimum Gasteiger partial charge on any atom is -0.492 e. The summed E-state index contributed by atoms with van der Waals surface area (Å²) < 4.78 is 5.62. The summed E-state index contributed by atoms with van der Waals surface area (Å²) in [6.07, 6.45) is 7.07. The third-order valence-corrected chi connectivity index (χ3v) is 4.76. The molecule has 5 heteroatoms. The quantitative estimate of drug-likeness (QED) is 0.669. The lowest BCUT2D eigenvalue weighted by molar-refractivity contribution is 0.203. The van der Waals surface area contributed by atoms with Crippen LogP contribution in [0.3, 0.4) is 0 Å². The number of nitrogens with one attached hydrogen (secondary N) is 1. The highest BCUT2D eigenvalue weighted by atomic mass is 16.5. The first-order valence-electron chi connectivity index (χ1n) is 8.52. The van der Waals surface area contributed by atoms with Crippen LogP contribution < -0.4 is 10.1 Å². The average molecular weight is 325 g/mol. The zero-order chi connectivity index (χ0) is 16.8. The SMILES string of the molecule is N#CCc1ccc(OCCNC(=O)N2C[C@@H]3CC=CC[C@H]3C2)cc1. The Kier molecular flexibility index (Phi) is 5.37. The molecule has 5 nitrogen and oxygen atoms in total. The van der Waals surface area contributed by atoms with Gasteiger partial charge in [0, 0.05) is 13.1 Å². The number of urea groups is 1. The molecule has 1 aliphatic heterocycles. The van der Waals surface area contributed by atoms with E-state index in [4.69, 9.17) is 10.00 Å². The first kappa shape index (κ1) is 16.4. The summed E-state index contributed by atoms with van der Waals surface area (Å²) in [6, 6.07) is 9.61. The number of allylic oxidation sites excluding steroid dienone is 2. The summed E-state index contributed by atoms with van der Waals surface area (Å²) in [5, 5.41) is 11.6. The van der Waals surface area contributed by atoms with Crippen LogP contribution in [0, 0.1) is 23.2 Å². The average Bonchev–Trinajstić information content (AvgIpc) is 3.04. The molecule has 24 heavy (non-hydrogen) atoms. The van der Waals surface area contributed by atoms with E-state index in [-0.39, 0.29) is 6.03 Å². The number of hydrogen-bond acceptors (Lipinski definition) is 3. The molecule has 1 aliphatic carbocycles. The highest BCUT2D eigenvalue weighted by Crippen LogP contribution is 2.32. The van der Waals surface area contributed by atoms with Crippen LogP contribution >= 0.6 is 0 Å². The van der Waals surface area contributed by atoms with Crippen LogP contribution in [0.4, 0.5) is 4.79 Å². The fourth-order valence-corrected chi connectivity index (χ4v) is 3.41. The predicted octanol–water partition coefficient (Wildman–Crippen LogP) is 2.74. The molecular weight excluding hydrogens is 302 g/mol. The molecule has 0 bridgehead atoms. The fourth-order valence-electron chi connectivity index (χ4n) is 3.41. The maximum absolute atomic E-state index is 12.2.